The Hall–Kier alpha value is -0.480. The summed E-state index contributed by atoms with van der Waals surface area (Å²) >= 11 is 24.2. The predicted molar refractivity (Wildman–Crippen MR) is 103 cm³/mol. The fourth-order valence-electron chi connectivity index (χ4n) is 2.99. The van der Waals surface area contributed by atoms with Gasteiger partial charge in [-0.15, -0.1) is 0 Å². The number of halogens is 4. The zero-order valence-electron chi connectivity index (χ0n) is 13.1. The second kappa shape index (κ2) is 8.27. The standard InChI is InChI=1S/C18H18Cl4N2/c19-15-4-2-13(8-17(15)21)10-23-6-1-7-24(12-23)11-14-3-5-16(20)18(22)9-14/h2-5,8-9H,1,6-7,10-12H2. The molecule has 3 rings (SSSR count). The van der Waals surface area contributed by atoms with E-state index in [2.05, 4.69) is 9.80 Å². The van der Waals surface area contributed by atoms with E-state index < -0.39 is 0 Å². The minimum absolute atomic E-state index is 0.598. The molecule has 1 heterocycles. The Balaban J connectivity index is 1.61. The lowest BCUT2D eigenvalue weighted by molar-refractivity contribution is 0.0746. The van der Waals surface area contributed by atoms with Crippen LogP contribution in [-0.2, 0) is 13.1 Å². The van der Waals surface area contributed by atoms with Gasteiger partial charge >= 0.3 is 0 Å². The molecule has 1 aliphatic rings. The van der Waals surface area contributed by atoms with Crippen LogP contribution in [0.2, 0.25) is 20.1 Å². The Labute approximate surface area is 162 Å². The largest absolute Gasteiger partial charge is 0.286 e. The molecule has 2 nitrogen and oxygen atoms in total. The maximum absolute atomic E-state index is 6.11. The molecule has 0 spiro atoms. The van der Waals surface area contributed by atoms with Gasteiger partial charge in [-0.05, 0) is 41.8 Å². The lowest BCUT2D eigenvalue weighted by atomic mass is 10.1. The molecule has 1 saturated heterocycles. The van der Waals surface area contributed by atoms with Crippen molar-refractivity contribution in [2.75, 3.05) is 19.8 Å². The SMILES string of the molecule is Clc1ccc(CN2CCCN(Cc3ccc(Cl)c(Cl)c3)C2)cc1Cl. The first-order valence-electron chi connectivity index (χ1n) is 7.84. The highest BCUT2D eigenvalue weighted by molar-refractivity contribution is 6.42. The first kappa shape index (κ1) is 18.3. The first-order chi connectivity index (χ1) is 11.5. The Morgan fingerprint density at radius 2 is 1.12 bits per heavy atom. The monoisotopic (exact) mass is 402 g/mol. The van der Waals surface area contributed by atoms with Gasteiger partial charge in [-0.25, -0.2) is 0 Å². The van der Waals surface area contributed by atoms with Crippen LogP contribution in [0.5, 0.6) is 0 Å². The molecule has 0 aliphatic carbocycles. The summed E-state index contributed by atoms with van der Waals surface area (Å²) in [6.07, 6.45) is 1.14. The summed E-state index contributed by atoms with van der Waals surface area (Å²) in [5.74, 6) is 0. The molecule has 0 amide bonds. The third-order valence-electron chi connectivity index (χ3n) is 4.13. The molecule has 0 aromatic heterocycles. The summed E-state index contributed by atoms with van der Waals surface area (Å²) in [5.41, 5.74) is 2.36. The quantitative estimate of drug-likeness (QED) is 0.620. The summed E-state index contributed by atoms with van der Waals surface area (Å²) in [6.45, 7) is 4.82. The average Bonchev–Trinajstić information content (AvgIpc) is 2.55. The van der Waals surface area contributed by atoms with Crippen molar-refractivity contribution in [3.8, 4) is 0 Å². The van der Waals surface area contributed by atoms with Gasteiger partial charge in [0.25, 0.3) is 0 Å². The highest BCUT2D eigenvalue weighted by Crippen LogP contribution is 2.25. The van der Waals surface area contributed by atoms with Crippen LogP contribution in [0, 0.1) is 0 Å². The van der Waals surface area contributed by atoms with Crippen LogP contribution in [0.15, 0.2) is 36.4 Å². The molecule has 6 heteroatoms. The Morgan fingerprint density at radius 3 is 1.54 bits per heavy atom. The smallest absolute Gasteiger partial charge is 0.0595 e. The number of hydrogen-bond acceptors (Lipinski definition) is 2. The van der Waals surface area contributed by atoms with E-state index in [9.17, 15) is 0 Å². The topological polar surface area (TPSA) is 6.48 Å². The molecule has 0 bridgehead atoms. The van der Waals surface area contributed by atoms with E-state index in [4.69, 9.17) is 46.4 Å². The number of benzene rings is 2. The second-order valence-electron chi connectivity index (χ2n) is 6.10. The number of rotatable bonds is 4. The molecule has 0 saturated carbocycles. The van der Waals surface area contributed by atoms with E-state index in [0.717, 1.165) is 39.3 Å². The van der Waals surface area contributed by atoms with Crippen LogP contribution in [0.3, 0.4) is 0 Å². The van der Waals surface area contributed by atoms with Crippen molar-refractivity contribution in [2.45, 2.75) is 19.5 Å². The molecule has 2 aromatic rings. The molecule has 2 aromatic carbocycles. The van der Waals surface area contributed by atoms with Crippen molar-refractivity contribution in [1.82, 2.24) is 9.80 Å². The molecular formula is C18H18Cl4N2. The summed E-state index contributed by atoms with van der Waals surface area (Å²) in [4.78, 5) is 4.83. The molecule has 24 heavy (non-hydrogen) atoms. The zero-order valence-corrected chi connectivity index (χ0v) is 16.1. The number of nitrogens with zero attached hydrogens (tertiary/aromatic N) is 2. The summed E-state index contributed by atoms with van der Waals surface area (Å²) in [6, 6.07) is 11.7. The Bertz CT molecular complexity index is 661. The molecule has 0 unspecified atom stereocenters. The van der Waals surface area contributed by atoms with Crippen molar-refractivity contribution >= 4 is 46.4 Å². The lowest BCUT2D eigenvalue weighted by Gasteiger charge is -2.35. The fraction of sp³-hybridized carbons (Fsp3) is 0.333. The third-order valence-corrected chi connectivity index (χ3v) is 5.61. The Kier molecular flexibility index (Phi) is 6.31. The molecule has 1 aliphatic heterocycles. The summed E-state index contributed by atoms with van der Waals surface area (Å²) in [7, 11) is 0. The molecule has 0 N–H and O–H groups in total. The van der Waals surface area contributed by atoms with Crippen LogP contribution >= 0.6 is 46.4 Å². The van der Waals surface area contributed by atoms with Gasteiger partial charge < -0.3 is 0 Å². The first-order valence-corrected chi connectivity index (χ1v) is 9.35. The van der Waals surface area contributed by atoms with E-state index in [-0.39, 0.29) is 0 Å². The third kappa shape index (κ3) is 4.78. The van der Waals surface area contributed by atoms with E-state index in [1.165, 1.54) is 11.1 Å². The van der Waals surface area contributed by atoms with Crippen molar-refractivity contribution in [1.29, 1.82) is 0 Å². The van der Waals surface area contributed by atoms with Crippen LogP contribution in [0.25, 0.3) is 0 Å². The zero-order chi connectivity index (χ0) is 17.1. The van der Waals surface area contributed by atoms with Gasteiger partial charge in [0.1, 0.15) is 0 Å². The Morgan fingerprint density at radius 1 is 0.667 bits per heavy atom. The molecular weight excluding hydrogens is 386 g/mol. The van der Waals surface area contributed by atoms with Crippen LogP contribution < -0.4 is 0 Å². The van der Waals surface area contributed by atoms with Crippen molar-refractivity contribution in [2.24, 2.45) is 0 Å². The van der Waals surface area contributed by atoms with Crippen LogP contribution in [0.4, 0.5) is 0 Å². The van der Waals surface area contributed by atoms with Crippen molar-refractivity contribution in [3.63, 3.8) is 0 Å². The predicted octanol–water partition coefficient (Wildman–Crippen LogP) is 5.97. The highest BCUT2D eigenvalue weighted by atomic mass is 35.5. The molecule has 0 atom stereocenters. The van der Waals surface area contributed by atoms with Crippen LogP contribution in [-0.4, -0.2) is 29.6 Å². The molecule has 1 fully saturated rings. The van der Waals surface area contributed by atoms with Crippen LogP contribution in [0.1, 0.15) is 17.5 Å². The van der Waals surface area contributed by atoms with Gasteiger partial charge in [-0.2, -0.15) is 0 Å². The van der Waals surface area contributed by atoms with Gasteiger partial charge in [0, 0.05) is 26.2 Å². The molecule has 0 radical (unpaired) electrons. The highest BCUT2D eigenvalue weighted by Gasteiger charge is 2.18. The van der Waals surface area contributed by atoms with Crippen molar-refractivity contribution in [3.05, 3.63) is 67.6 Å². The van der Waals surface area contributed by atoms with Gasteiger partial charge in [-0.3, -0.25) is 9.80 Å². The molecule has 128 valence electrons. The fourth-order valence-corrected chi connectivity index (χ4v) is 3.63. The van der Waals surface area contributed by atoms with Gasteiger partial charge in [0.2, 0.25) is 0 Å². The minimum Gasteiger partial charge on any atom is -0.286 e. The van der Waals surface area contributed by atoms with E-state index in [1.807, 2.05) is 36.4 Å². The maximum atomic E-state index is 6.11. The van der Waals surface area contributed by atoms with Gasteiger partial charge in [0.05, 0.1) is 26.8 Å². The lowest BCUT2D eigenvalue weighted by Crippen LogP contribution is -2.43. The average molecular weight is 404 g/mol. The second-order valence-corrected chi connectivity index (χ2v) is 7.73. The van der Waals surface area contributed by atoms with E-state index in [0.29, 0.717) is 20.1 Å². The summed E-state index contributed by atoms with van der Waals surface area (Å²) < 4.78 is 0. The van der Waals surface area contributed by atoms with Gasteiger partial charge in [-0.1, -0.05) is 58.5 Å². The minimum atomic E-state index is 0.598. The van der Waals surface area contributed by atoms with E-state index >= 15 is 0 Å². The van der Waals surface area contributed by atoms with E-state index in [1.54, 1.807) is 0 Å². The summed E-state index contributed by atoms with van der Waals surface area (Å²) in [5, 5.41) is 2.42. The maximum Gasteiger partial charge on any atom is 0.0595 e. The number of hydrogen-bond donors (Lipinski definition) is 0. The van der Waals surface area contributed by atoms with Crippen molar-refractivity contribution < 1.29 is 0 Å². The van der Waals surface area contributed by atoms with Gasteiger partial charge in [0.15, 0.2) is 0 Å². The normalized spacial score (nSPS) is 16.5.